The molecule has 31 heavy (non-hydrogen) atoms. The first-order valence-corrected chi connectivity index (χ1v) is 9.54. The summed E-state index contributed by atoms with van der Waals surface area (Å²) in [6, 6.07) is 17.0. The predicted molar refractivity (Wildman–Crippen MR) is 115 cm³/mol. The second kappa shape index (κ2) is 7.03. The Morgan fingerprint density at radius 1 is 1.06 bits per heavy atom. The number of H-pyrrole nitrogens is 1. The summed E-state index contributed by atoms with van der Waals surface area (Å²) in [7, 11) is 0. The average molecular weight is 408 g/mol. The van der Waals surface area contributed by atoms with E-state index in [9.17, 15) is 10.1 Å². The maximum atomic E-state index is 12.5. The van der Waals surface area contributed by atoms with Crippen molar-refractivity contribution < 1.29 is 0 Å². The fraction of sp³-hybridized carbons (Fsp3) is 0.0909. The molecule has 3 heterocycles. The van der Waals surface area contributed by atoms with E-state index in [0.29, 0.717) is 39.3 Å². The molecule has 0 bridgehead atoms. The van der Waals surface area contributed by atoms with Gasteiger partial charge in [-0.15, -0.1) is 10.2 Å². The van der Waals surface area contributed by atoms with E-state index in [2.05, 4.69) is 31.5 Å². The molecule has 0 unspecified atom stereocenters. The van der Waals surface area contributed by atoms with Gasteiger partial charge in [0, 0.05) is 0 Å². The van der Waals surface area contributed by atoms with Crippen LogP contribution in [0.15, 0.2) is 69.8 Å². The second-order valence-electron chi connectivity index (χ2n) is 7.06. The summed E-state index contributed by atoms with van der Waals surface area (Å²) in [6.45, 7) is 3.74. The molecule has 5 rings (SSSR count). The number of azo groups is 1. The summed E-state index contributed by atoms with van der Waals surface area (Å²) in [5, 5.41) is 27.6. The summed E-state index contributed by atoms with van der Waals surface area (Å²) in [5.74, 6) is 0.304. The Balaban J connectivity index is 1.70. The van der Waals surface area contributed by atoms with E-state index in [4.69, 9.17) is 0 Å². The van der Waals surface area contributed by atoms with Gasteiger partial charge in [0.25, 0.3) is 5.56 Å². The molecule has 0 spiro atoms. The van der Waals surface area contributed by atoms with Crippen LogP contribution in [0.2, 0.25) is 0 Å². The number of benzene rings is 2. The van der Waals surface area contributed by atoms with Gasteiger partial charge in [-0.25, -0.2) is 9.20 Å². The minimum Gasteiger partial charge on any atom is -0.304 e. The van der Waals surface area contributed by atoms with Gasteiger partial charge in [-0.1, -0.05) is 30.3 Å². The number of para-hydroxylation sites is 2. The maximum Gasteiger partial charge on any atom is 0.259 e. The summed E-state index contributed by atoms with van der Waals surface area (Å²) in [5.41, 5.74) is 3.96. The van der Waals surface area contributed by atoms with Crippen LogP contribution in [0.1, 0.15) is 16.8 Å². The molecule has 0 aliphatic carbocycles. The molecule has 0 aliphatic heterocycles. The van der Waals surface area contributed by atoms with Crippen molar-refractivity contribution in [3.63, 3.8) is 0 Å². The first-order chi connectivity index (χ1) is 15.1. The normalized spacial score (nSPS) is 11.5. The lowest BCUT2D eigenvalue weighted by molar-refractivity contribution is 0.863. The Kier molecular flexibility index (Phi) is 4.19. The molecule has 0 amide bonds. The number of fused-ring (bicyclic) bond motifs is 3. The predicted octanol–water partition coefficient (Wildman–Crippen LogP) is 4.27. The number of rotatable bonds is 3. The van der Waals surface area contributed by atoms with Crippen molar-refractivity contribution in [3.8, 4) is 11.8 Å². The van der Waals surface area contributed by atoms with Gasteiger partial charge in [0.05, 0.1) is 28.5 Å². The summed E-state index contributed by atoms with van der Waals surface area (Å²) >= 11 is 0. The number of nitriles is 1. The molecular weight excluding hydrogens is 392 g/mol. The zero-order valence-corrected chi connectivity index (χ0v) is 16.7. The van der Waals surface area contributed by atoms with Gasteiger partial charge in [0.2, 0.25) is 0 Å². The van der Waals surface area contributed by atoms with Gasteiger partial charge in [0.1, 0.15) is 11.6 Å². The van der Waals surface area contributed by atoms with Crippen LogP contribution in [-0.4, -0.2) is 24.4 Å². The molecule has 0 saturated carbocycles. The lowest BCUT2D eigenvalue weighted by atomic mass is 10.2. The van der Waals surface area contributed by atoms with E-state index in [1.807, 2.05) is 43.3 Å². The van der Waals surface area contributed by atoms with Gasteiger partial charge >= 0.3 is 0 Å². The summed E-state index contributed by atoms with van der Waals surface area (Å²) in [6.07, 6.45) is 1.46. The molecule has 9 heteroatoms. The Hall–Kier alpha value is -4.58. The highest BCUT2D eigenvalue weighted by Gasteiger charge is 2.16. The van der Waals surface area contributed by atoms with E-state index < -0.39 is 0 Å². The van der Waals surface area contributed by atoms with Crippen LogP contribution < -0.4 is 5.56 Å². The molecule has 2 aromatic carbocycles. The number of hydrogen-bond donors (Lipinski definition) is 1. The fourth-order valence-corrected chi connectivity index (χ4v) is 3.54. The number of nitrogens with zero attached hydrogens (tertiary/aromatic N) is 7. The Bertz CT molecular complexity index is 1600. The third kappa shape index (κ3) is 2.89. The molecule has 9 nitrogen and oxygen atoms in total. The summed E-state index contributed by atoms with van der Waals surface area (Å²) in [4.78, 5) is 15.4. The second-order valence-corrected chi connectivity index (χ2v) is 7.06. The van der Waals surface area contributed by atoms with Gasteiger partial charge in [-0.2, -0.15) is 15.5 Å². The van der Waals surface area contributed by atoms with Crippen molar-refractivity contribution >= 4 is 28.1 Å². The Labute approximate surface area is 175 Å². The molecule has 0 radical (unpaired) electrons. The number of aromatic amines is 1. The number of hydrogen-bond acceptors (Lipinski definition) is 6. The smallest absolute Gasteiger partial charge is 0.259 e. The zero-order valence-electron chi connectivity index (χ0n) is 16.7. The SMILES string of the molecule is Cc1ccccc1-n1ncc(C#N)c1/N=N/c1c(C)nn2c1[nH]c(=O)c1ccccc12. The van der Waals surface area contributed by atoms with Gasteiger partial charge in [-0.3, -0.25) is 4.79 Å². The molecular formula is C22H16N8O. The average Bonchev–Trinajstić information content (AvgIpc) is 3.33. The third-order valence-electron chi connectivity index (χ3n) is 5.09. The third-order valence-corrected chi connectivity index (χ3v) is 5.09. The number of aryl methyl sites for hydroxylation is 2. The first-order valence-electron chi connectivity index (χ1n) is 9.54. The number of aromatic nitrogens is 5. The molecule has 0 fully saturated rings. The van der Waals surface area contributed by atoms with Crippen LogP contribution >= 0.6 is 0 Å². The lowest BCUT2D eigenvalue weighted by Crippen LogP contribution is -2.09. The van der Waals surface area contributed by atoms with E-state index >= 15 is 0 Å². The van der Waals surface area contributed by atoms with Gasteiger partial charge in [-0.05, 0) is 37.6 Å². The van der Waals surface area contributed by atoms with E-state index in [1.54, 1.807) is 28.3 Å². The van der Waals surface area contributed by atoms with E-state index in [-0.39, 0.29) is 5.56 Å². The standard InChI is InChI=1S/C22H16N8O/c1-13-7-3-5-9-17(13)29-20(15(11-23)12-24-29)27-26-19-14(2)28-30-18-10-6-4-8-16(18)22(31)25-21(19)30/h3-10,12H,1-2H3,(H,25,31)/b27-26+. The van der Waals surface area contributed by atoms with Crippen LogP contribution in [0.5, 0.6) is 0 Å². The minimum atomic E-state index is -0.234. The fourth-order valence-electron chi connectivity index (χ4n) is 3.54. The van der Waals surface area contributed by atoms with E-state index in [1.165, 1.54) is 6.20 Å². The Morgan fingerprint density at radius 3 is 2.65 bits per heavy atom. The first kappa shape index (κ1) is 18.4. The molecule has 0 saturated heterocycles. The lowest BCUT2D eigenvalue weighted by Gasteiger charge is -2.06. The highest BCUT2D eigenvalue weighted by Crippen LogP contribution is 2.30. The van der Waals surface area contributed by atoms with Crippen LogP contribution in [0.3, 0.4) is 0 Å². The van der Waals surface area contributed by atoms with Crippen LogP contribution in [0.25, 0.3) is 22.2 Å². The van der Waals surface area contributed by atoms with Crippen molar-refractivity contribution in [2.45, 2.75) is 13.8 Å². The summed E-state index contributed by atoms with van der Waals surface area (Å²) < 4.78 is 3.22. The monoisotopic (exact) mass is 408 g/mol. The number of nitrogens with one attached hydrogen (secondary N) is 1. The molecule has 0 atom stereocenters. The Morgan fingerprint density at radius 2 is 1.84 bits per heavy atom. The van der Waals surface area contributed by atoms with Crippen molar-refractivity contribution in [1.82, 2.24) is 24.4 Å². The largest absolute Gasteiger partial charge is 0.304 e. The minimum absolute atomic E-state index is 0.234. The molecule has 5 aromatic rings. The molecule has 1 N–H and O–H groups in total. The van der Waals surface area contributed by atoms with Crippen molar-refractivity contribution in [2.75, 3.05) is 0 Å². The van der Waals surface area contributed by atoms with E-state index in [0.717, 1.165) is 11.3 Å². The molecule has 0 aliphatic rings. The highest BCUT2D eigenvalue weighted by atomic mass is 16.1. The van der Waals surface area contributed by atoms with Crippen LogP contribution in [-0.2, 0) is 0 Å². The maximum absolute atomic E-state index is 12.5. The van der Waals surface area contributed by atoms with Crippen LogP contribution in [0.4, 0.5) is 11.5 Å². The van der Waals surface area contributed by atoms with Crippen molar-refractivity contribution in [3.05, 3.63) is 81.9 Å². The molecule has 3 aromatic heterocycles. The topological polar surface area (TPSA) is 116 Å². The molecule has 150 valence electrons. The highest BCUT2D eigenvalue weighted by molar-refractivity contribution is 5.83. The van der Waals surface area contributed by atoms with Crippen LogP contribution in [0, 0.1) is 25.2 Å². The van der Waals surface area contributed by atoms with Crippen molar-refractivity contribution in [1.29, 1.82) is 5.26 Å². The van der Waals surface area contributed by atoms with Gasteiger partial charge < -0.3 is 4.98 Å². The van der Waals surface area contributed by atoms with Gasteiger partial charge in [0.15, 0.2) is 17.2 Å². The van der Waals surface area contributed by atoms with Crippen molar-refractivity contribution in [2.24, 2.45) is 10.2 Å². The zero-order chi connectivity index (χ0) is 21.5. The quantitative estimate of drug-likeness (QED) is 0.449.